The number of aromatic nitrogens is 10. The molecule has 6 aromatic heterocycles. The van der Waals surface area contributed by atoms with Crippen molar-refractivity contribution in [2.75, 3.05) is 48.3 Å². The molecule has 10 rings (SSSR count). The summed E-state index contributed by atoms with van der Waals surface area (Å²) in [4.78, 5) is 66.1. The van der Waals surface area contributed by atoms with Crippen molar-refractivity contribution in [1.82, 2.24) is 59.7 Å². The minimum Gasteiger partial charge on any atom is -0.444 e. The highest BCUT2D eigenvalue weighted by Gasteiger charge is 2.31. The van der Waals surface area contributed by atoms with E-state index in [1.165, 1.54) is 12.7 Å². The van der Waals surface area contributed by atoms with Crippen LogP contribution >= 0.6 is 12.4 Å². The highest BCUT2D eigenvalue weighted by Crippen LogP contribution is 2.36. The van der Waals surface area contributed by atoms with E-state index >= 15 is 0 Å². The van der Waals surface area contributed by atoms with Gasteiger partial charge in [-0.3, -0.25) is 9.59 Å². The van der Waals surface area contributed by atoms with Gasteiger partial charge in [-0.05, 0) is 125 Å². The SMILES string of the molecule is CCCc1ccnc(NC(=O)c2ccc(-c3nn([C@@H]4CCCN(C(=O)OC(C)(C)C)C4)c4ncnc(N)c34)cc2)c1.CCCc1ccnc(NC(=O)c2ccc(-c3nn([C@@H]4CCCNC4)c4ncnc(N)c34)cc2)c1.Cl. The van der Waals surface area contributed by atoms with E-state index < -0.39 is 5.60 Å². The van der Waals surface area contributed by atoms with Crippen molar-refractivity contribution in [3.8, 4) is 22.5 Å². The normalized spacial score (nSPS) is 15.6. The molecule has 8 heterocycles. The molecule has 0 spiro atoms. The number of benzene rings is 2. The number of nitrogen functional groups attached to an aromatic ring is 2. The van der Waals surface area contributed by atoms with Gasteiger partial charge >= 0.3 is 6.09 Å². The van der Waals surface area contributed by atoms with E-state index in [0.29, 0.717) is 64.2 Å². The van der Waals surface area contributed by atoms with Crippen LogP contribution in [0, 0.1) is 0 Å². The molecule has 2 aliphatic heterocycles. The summed E-state index contributed by atoms with van der Waals surface area (Å²) in [6, 6.07) is 22.3. The quantitative estimate of drug-likeness (QED) is 0.0763. The second-order valence-corrected chi connectivity index (χ2v) is 19.9. The lowest BCUT2D eigenvalue weighted by atomic mass is 10.1. The summed E-state index contributed by atoms with van der Waals surface area (Å²) in [6.07, 6.45) is 13.7. The van der Waals surface area contributed by atoms with Crippen molar-refractivity contribution in [3.05, 3.63) is 120 Å². The van der Waals surface area contributed by atoms with Gasteiger partial charge in [0.1, 0.15) is 52.9 Å². The second-order valence-electron chi connectivity index (χ2n) is 19.9. The number of anilines is 4. The van der Waals surface area contributed by atoms with Gasteiger partial charge in [0.2, 0.25) is 0 Å². The van der Waals surface area contributed by atoms with Crippen LogP contribution in [0.2, 0.25) is 0 Å². The largest absolute Gasteiger partial charge is 0.444 e. The molecule has 2 aliphatic rings. The number of nitrogens with zero attached hydrogens (tertiary/aromatic N) is 11. The minimum absolute atomic E-state index is 0. The smallest absolute Gasteiger partial charge is 0.410 e. The Labute approximate surface area is 447 Å². The van der Waals surface area contributed by atoms with Crippen molar-refractivity contribution in [2.24, 2.45) is 0 Å². The van der Waals surface area contributed by atoms with Crippen LogP contribution in [-0.4, -0.2) is 104 Å². The third kappa shape index (κ3) is 12.5. The summed E-state index contributed by atoms with van der Waals surface area (Å²) in [5.74, 6) is 1.33. The second kappa shape index (κ2) is 24.1. The molecule has 0 bridgehead atoms. The van der Waals surface area contributed by atoms with Crippen LogP contribution in [0.15, 0.2) is 97.8 Å². The highest BCUT2D eigenvalue weighted by molar-refractivity contribution is 6.06. The van der Waals surface area contributed by atoms with E-state index in [9.17, 15) is 14.4 Å². The summed E-state index contributed by atoms with van der Waals surface area (Å²) in [7, 11) is 0. The summed E-state index contributed by atoms with van der Waals surface area (Å²) < 4.78 is 9.41. The molecule has 3 amide bonds. The van der Waals surface area contributed by atoms with Gasteiger partial charge in [0.15, 0.2) is 11.3 Å². The Morgan fingerprint density at radius 3 is 1.62 bits per heavy atom. The first-order valence-electron chi connectivity index (χ1n) is 25.7. The van der Waals surface area contributed by atoms with Gasteiger partial charge in [0.05, 0.1) is 22.9 Å². The third-order valence-electron chi connectivity index (χ3n) is 13.1. The Morgan fingerprint density at radius 2 is 1.16 bits per heavy atom. The molecular weight excluding hydrogens is 984 g/mol. The van der Waals surface area contributed by atoms with Crippen LogP contribution in [0.4, 0.5) is 28.1 Å². The first kappa shape index (κ1) is 54.2. The number of aryl methyl sites for hydroxylation is 2. The fraction of sp³-hybridized carbons (Fsp3) is 0.364. The third-order valence-corrected chi connectivity index (χ3v) is 13.1. The Balaban J connectivity index is 0.000000202. The number of piperidine rings is 2. The fourth-order valence-corrected chi connectivity index (χ4v) is 9.50. The first-order valence-corrected chi connectivity index (χ1v) is 25.7. The molecule has 76 heavy (non-hydrogen) atoms. The number of nitrogens with two attached hydrogens (primary N) is 2. The number of carbonyl (C=O) groups excluding carboxylic acids is 3. The van der Waals surface area contributed by atoms with Gasteiger partial charge in [-0.2, -0.15) is 10.2 Å². The van der Waals surface area contributed by atoms with E-state index in [-0.39, 0.29) is 42.4 Å². The molecule has 2 fully saturated rings. The molecule has 0 unspecified atom stereocenters. The van der Waals surface area contributed by atoms with Crippen LogP contribution in [0.3, 0.4) is 0 Å². The Bertz CT molecular complexity index is 3310. The minimum atomic E-state index is -0.573. The average Bonchev–Trinajstić information content (AvgIpc) is 4.01. The van der Waals surface area contributed by atoms with E-state index in [2.05, 4.69) is 59.7 Å². The molecule has 21 heteroatoms. The monoisotopic (exact) mass is 1050 g/mol. The van der Waals surface area contributed by atoms with Gasteiger partial charge in [0.25, 0.3) is 11.8 Å². The number of likely N-dealkylation sites (tertiary alicyclic amines) is 1. The summed E-state index contributed by atoms with van der Waals surface area (Å²) in [6.45, 7) is 12.7. The number of nitrogens with one attached hydrogen (secondary N) is 3. The van der Waals surface area contributed by atoms with E-state index in [1.807, 2.05) is 78.7 Å². The van der Waals surface area contributed by atoms with Crippen molar-refractivity contribution in [2.45, 2.75) is 104 Å². The van der Waals surface area contributed by atoms with Gasteiger partial charge in [-0.15, -0.1) is 12.4 Å². The number of pyridine rings is 2. The lowest BCUT2D eigenvalue weighted by Gasteiger charge is -2.34. The number of rotatable bonds is 12. The van der Waals surface area contributed by atoms with Crippen molar-refractivity contribution in [1.29, 1.82) is 0 Å². The summed E-state index contributed by atoms with van der Waals surface area (Å²) in [5.41, 5.74) is 19.6. The molecule has 0 radical (unpaired) electrons. The van der Waals surface area contributed by atoms with Crippen LogP contribution < -0.4 is 27.4 Å². The van der Waals surface area contributed by atoms with Crippen molar-refractivity contribution in [3.63, 3.8) is 0 Å². The number of fused-ring (bicyclic) bond motifs is 2. The van der Waals surface area contributed by atoms with E-state index in [1.54, 1.807) is 41.6 Å². The number of ether oxygens (including phenoxy) is 1. The number of carbonyl (C=O) groups is 3. The van der Waals surface area contributed by atoms with E-state index in [0.717, 1.165) is 103 Å². The molecule has 2 aromatic carbocycles. The first-order chi connectivity index (χ1) is 36.3. The Morgan fingerprint density at radius 1 is 0.671 bits per heavy atom. The predicted octanol–water partition coefficient (Wildman–Crippen LogP) is 9.27. The average molecular weight is 1050 g/mol. The maximum Gasteiger partial charge on any atom is 0.410 e. The fourth-order valence-electron chi connectivity index (χ4n) is 9.50. The van der Waals surface area contributed by atoms with Crippen molar-refractivity contribution >= 4 is 75.7 Å². The van der Waals surface area contributed by atoms with Crippen molar-refractivity contribution < 1.29 is 19.1 Å². The van der Waals surface area contributed by atoms with E-state index in [4.69, 9.17) is 26.4 Å². The molecule has 8 aromatic rings. The van der Waals surface area contributed by atoms with Gasteiger partial charge in [-0.25, -0.2) is 44.1 Å². The zero-order valence-electron chi connectivity index (χ0n) is 43.5. The summed E-state index contributed by atoms with van der Waals surface area (Å²) in [5, 5.41) is 20.4. The van der Waals surface area contributed by atoms with Crippen LogP contribution in [0.5, 0.6) is 0 Å². The van der Waals surface area contributed by atoms with Gasteiger partial charge in [-0.1, -0.05) is 51.0 Å². The lowest BCUT2D eigenvalue weighted by Crippen LogP contribution is -2.43. The number of hydrogen-bond acceptors (Lipinski definition) is 15. The predicted molar refractivity (Wildman–Crippen MR) is 297 cm³/mol. The molecule has 20 nitrogen and oxygen atoms in total. The van der Waals surface area contributed by atoms with Gasteiger partial charge in [0, 0.05) is 54.3 Å². The zero-order valence-corrected chi connectivity index (χ0v) is 44.3. The molecule has 396 valence electrons. The van der Waals surface area contributed by atoms with Gasteiger partial charge < -0.3 is 37.1 Å². The standard InChI is InChI=1S/C30H36N8O3.C25H28N8O.ClH/c1-5-7-19-13-14-32-23(16-19)35-28(39)21-11-9-20(10-12-21)25-24-26(31)33-18-34-27(24)38(36-25)22-8-6-15-37(17-22)29(40)41-30(2,3)4;1-2-4-16-10-12-28-20(13-16)31-25(34)18-8-6-17(7-9-18)22-21-23(26)29-15-30-24(21)33(32-22)19-5-3-11-27-14-19;/h9-14,16,18,22H,5-8,15,17H2,1-4H3,(H2,31,33,34)(H,32,35,39);6-10,12-13,15,19,27H,2-5,11,14H2,1H3,(H2,26,29,30)(H,28,31,34);1H/t22-;19-;/m11./s1. The number of hydrogen-bond donors (Lipinski definition) is 5. The highest BCUT2D eigenvalue weighted by atomic mass is 35.5. The Kier molecular flexibility index (Phi) is 17.1. The Hall–Kier alpha value is -8.10. The van der Waals surface area contributed by atoms with Crippen LogP contribution in [-0.2, 0) is 17.6 Å². The molecular formula is C55H65ClN16O4. The topological polar surface area (TPSA) is 265 Å². The lowest BCUT2D eigenvalue weighted by molar-refractivity contribution is 0.0169. The number of halogens is 1. The maximum atomic E-state index is 12.9. The molecule has 0 saturated carbocycles. The molecule has 0 aliphatic carbocycles. The molecule has 2 saturated heterocycles. The summed E-state index contributed by atoms with van der Waals surface area (Å²) >= 11 is 0. The van der Waals surface area contributed by atoms with Crippen LogP contribution in [0.25, 0.3) is 44.6 Å². The maximum absolute atomic E-state index is 12.9. The number of amides is 3. The van der Waals surface area contributed by atoms with Crippen LogP contribution in [0.1, 0.15) is 117 Å². The molecule has 2 atom stereocenters. The zero-order chi connectivity index (χ0) is 52.6. The molecule has 7 N–H and O–H groups in total.